The van der Waals surface area contributed by atoms with Gasteiger partial charge in [-0.25, -0.2) is 0 Å². The number of imide groups is 1. The van der Waals surface area contributed by atoms with E-state index in [4.69, 9.17) is 9.47 Å². The molecule has 7 heteroatoms. The van der Waals surface area contributed by atoms with E-state index in [0.717, 1.165) is 27.8 Å². The lowest BCUT2D eigenvalue weighted by Crippen LogP contribution is -2.35. The summed E-state index contributed by atoms with van der Waals surface area (Å²) in [7, 11) is 0. The maximum Gasteiger partial charge on any atom is 0.326 e. The number of hydrogen-bond acceptors (Lipinski definition) is 6. The fourth-order valence-electron chi connectivity index (χ4n) is 2.89. The van der Waals surface area contributed by atoms with E-state index in [-0.39, 0.29) is 17.6 Å². The molecule has 2 amide bonds. The van der Waals surface area contributed by atoms with Gasteiger partial charge >= 0.3 is 5.97 Å². The van der Waals surface area contributed by atoms with E-state index in [1.54, 1.807) is 13.0 Å². The minimum atomic E-state index is -0.590. The average Bonchev–Trinajstić information content (AvgIpc) is 3.00. The van der Waals surface area contributed by atoms with E-state index in [0.29, 0.717) is 18.8 Å². The van der Waals surface area contributed by atoms with Crippen LogP contribution in [-0.2, 0) is 20.9 Å². The molecule has 0 spiro atoms. The SMILES string of the molecule is CC[C@H](C)OC(=O)CN1C(=O)S/C(=C/c2ccc(OCc3cccc(C)c3)cc2)C1=O. The van der Waals surface area contributed by atoms with Crippen LogP contribution >= 0.6 is 11.8 Å². The molecule has 1 atom stereocenters. The third kappa shape index (κ3) is 6.21. The van der Waals surface area contributed by atoms with Gasteiger partial charge in [-0.3, -0.25) is 19.3 Å². The number of aryl methyl sites for hydroxylation is 1. The number of ether oxygens (including phenoxy) is 2. The van der Waals surface area contributed by atoms with Crippen LogP contribution in [0.25, 0.3) is 6.08 Å². The van der Waals surface area contributed by atoms with Crippen LogP contribution in [0.4, 0.5) is 4.79 Å². The second-order valence-corrected chi connectivity index (χ2v) is 8.32. The van der Waals surface area contributed by atoms with Crippen molar-refractivity contribution < 1.29 is 23.9 Å². The molecule has 1 aliphatic heterocycles. The predicted molar refractivity (Wildman–Crippen MR) is 120 cm³/mol. The third-order valence-corrected chi connectivity index (χ3v) is 5.64. The van der Waals surface area contributed by atoms with Crippen LogP contribution < -0.4 is 4.74 Å². The van der Waals surface area contributed by atoms with E-state index >= 15 is 0 Å². The Kier molecular flexibility index (Phi) is 7.52. The Morgan fingerprint density at radius 2 is 1.90 bits per heavy atom. The van der Waals surface area contributed by atoms with Crippen LogP contribution in [0.2, 0.25) is 0 Å². The lowest BCUT2D eigenvalue weighted by atomic mass is 10.1. The number of amides is 2. The monoisotopic (exact) mass is 439 g/mol. The number of rotatable bonds is 8. The van der Waals surface area contributed by atoms with Crippen LogP contribution in [0.5, 0.6) is 5.75 Å². The first-order valence-corrected chi connectivity index (χ1v) is 10.9. The van der Waals surface area contributed by atoms with Gasteiger partial charge in [0, 0.05) is 0 Å². The van der Waals surface area contributed by atoms with Gasteiger partial charge in [0.15, 0.2) is 0 Å². The summed E-state index contributed by atoms with van der Waals surface area (Å²) >= 11 is 0.816. The number of carbonyl (C=O) groups is 3. The van der Waals surface area contributed by atoms with Crippen LogP contribution in [0.1, 0.15) is 37.0 Å². The highest BCUT2D eigenvalue weighted by Crippen LogP contribution is 2.32. The van der Waals surface area contributed by atoms with Gasteiger partial charge in [0.2, 0.25) is 0 Å². The fourth-order valence-corrected chi connectivity index (χ4v) is 3.73. The van der Waals surface area contributed by atoms with Crippen molar-refractivity contribution in [2.24, 2.45) is 0 Å². The minimum Gasteiger partial charge on any atom is -0.489 e. The number of carbonyl (C=O) groups excluding carboxylic acids is 3. The van der Waals surface area contributed by atoms with Gasteiger partial charge in [0.05, 0.1) is 11.0 Å². The molecule has 1 saturated heterocycles. The van der Waals surface area contributed by atoms with Gasteiger partial charge in [-0.1, -0.05) is 48.9 Å². The molecule has 0 unspecified atom stereocenters. The second kappa shape index (κ2) is 10.3. The standard InChI is InChI=1S/C24H25NO5S/c1-4-17(3)30-22(26)14-25-23(27)21(31-24(25)28)13-18-8-10-20(11-9-18)29-15-19-7-5-6-16(2)12-19/h5-13,17H,4,14-15H2,1-3H3/b21-13+/t17-/m0/s1. The van der Waals surface area contributed by atoms with E-state index in [1.165, 1.54) is 5.56 Å². The number of thioether (sulfide) groups is 1. The Balaban J connectivity index is 1.60. The highest BCUT2D eigenvalue weighted by atomic mass is 32.2. The summed E-state index contributed by atoms with van der Waals surface area (Å²) in [6.45, 7) is 5.78. The zero-order valence-electron chi connectivity index (χ0n) is 17.8. The summed E-state index contributed by atoms with van der Waals surface area (Å²) in [5.41, 5.74) is 3.03. The second-order valence-electron chi connectivity index (χ2n) is 7.32. The lowest BCUT2D eigenvalue weighted by Gasteiger charge is -2.14. The van der Waals surface area contributed by atoms with Crippen molar-refractivity contribution in [2.75, 3.05) is 6.54 Å². The molecular weight excluding hydrogens is 414 g/mol. The molecule has 0 bridgehead atoms. The van der Waals surface area contributed by atoms with Crippen molar-refractivity contribution in [3.63, 3.8) is 0 Å². The summed E-state index contributed by atoms with van der Waals surface area (Å²) in [5.74, 6) is -0.372. The zero-order chi connectivity index (χ0) is 22.4. The molecule has 0 aliphatic carbocycles. The van der Waals surface area contributed by atoms with Crippen LogP contribution in [0.3, 0.4) is 0 Å². The van der Waals surface area contributed by atoms with Crippen molar-refractivity contribution in [1.29, 1.82) is 0 Å². The van der Waals surface area contributed by atoms with Crippen LogP contribution in [0, 0.1) is 6.92 Å². The summed E-state index contributed by atoms with van der Waals surface area (Å²) in [6, 6.07) is 15.4. The molecule has 1 fully saturated rings. The van der Waals surface area contributed by atoms with E-state index < -0.39 is 17.1 Å². The summed E-state index contributed by atoms with van der Waals surface area (Å²) < 4.78 is 11.0. The molecular formula is C24H25NO5S. The van der Waals surface area contributed by atoms with Crippen molar-refractivity contribution in [2.45, 2.75) is 39.9 Å². The quantitative estimate of drug-likeness (QED) is 0.428. The number of benzene rings is 2. The van der Waals surface area contributed by atoms with Gasteiger partial charge in [-0.15, -0.1) is 0 Å². The predicted octanol–water partition coefficient (Wildman–Crippen LogP) is 4.95. The first-order chi connectivity index (χ1) is 14.9. The molecule has 31 heavy (non-hydrogen) atoms. The van der Waals surface area contributed by atoms with Gasteiger partial charge in [0.1, 0.15) is 18.9 Å². The summed E-state index contributed by atoms with van der Waals surface area (Å²) in [4.78, 5) is 37.8. The fraction of sp³-hybridized carbons (Fsp3) is 0.292. The Morgan fingerprint density at radius 1 is 1.16 bits per heavy atom. The average molecular weight is 440 g/mol. The molecule has 3 rings (SSSR count). The Hall–Kier alpha value is -3.06. The van der Waals surface area contributed by atoms with Gasteiger partial charge in [0.25, 0.3) is 11.1 Å². The van der Waals surface area contributed by atoms with Gasteiger partial charge in [-0.05, 0) is 61.4 Å². The van der Waals surface area contributed by atoms with Crippen molar-refractivity contribution in [3.8, 4) is 5.75 Å². The summed E-state index contributed by atoms with van der Waals surface area (Å²) in [6.07, 6.45) is 2.04. The molecule has 2 aromatic rings. The highest BCUT2D eigenvalue weighted by molar-refractivity contribution is 8.18. The number of nitrogens with zero attached hydrogens (tertiary/aromatic N) is 1. The topological polar surface area (TPSA) is 72.9 Å². The zero-order valence-corrected chi connectivity index (χ0v) is 18.6. The Labute approximate surface area is 186 Å². The molecule has 0 N–H and O–H groups in total. The Bertz CT molecular complexity index is 999. The van der Waals surface area contributed by atoms with Crippen LogP contribution in [-0.4, -0.2) is 34.7 Å². The van der Waals surface area contributed by atoms with Gasteiger partial charge < -0.3 is 9.47 Å². The number of hydrogen-bond donors (Lipinski definition) is 0. The van der Waals surface area contributed by atoms with Crippen molar-refractivity contribution in [1.82, 2.24) is 4.90 Å². The first kappa shape index (κ1) is 22.6. The minimum absolute atomic E-state index is 0.255. The lowest BCUT2D eigenvalue weighted by molar-refractivity contribution is -0.150. The molecule has 6 nitrogen and oxygen atoms in total. The van der Waals surface area contributed by atoms with Crippen molar-refractivity contribution >= 4 is 35.0 Å². The third-order valence-electron chi connectivity index (χ3n) is 4.73. The molecule has 0 aromatic heterocycles. The highest BCUT2D eigenvalue weighted by Gasteiger charge is 2.36. The summed E-state index contributed by atoms with van der Waals surface area (Å²) in [5, 5.41) is -0.476. The maximum atomic E-state index is 12.5. The normalized spacial score (nSPS) is 16.0. The smallest absolute Gasteiger partial charge is 0.326 e. The van der Waals surface area contributed by atoms with Gasteiger partial charge in [-0.2, -0.15) is 0 Å². The molecule has 0 radical (unpaired) electrons. The largest absolute Gasteiger partial charge is 0.489 e. The Morgan fingerprint density at radius 3 is 2.58 bits per heavy atom. The first-order valence-electron chi connectivity index (χ1n) is 10.1. The van der Waals surface area contributed by atoms with Crippen molar-refractivity contribution in [3.05, 3.63) is 70.1 Å². The van der Waals surface area contributed by atoms with E-state index in [2.05, 4.69) is 6.07 Å². The molecule has 1 aliphatic rings. The van der Waals surface area contributed by atoms with E-state index in [9.17, 15) is 14.4 Å². The van der Waals surface area contributed by atoms with E-state index in [1.807, 2.05) is 56.3 Å². The maximum absolute atomic E-state index is 12.5. The molecule has 1 heterocycles. The molecule has 2 aromatic carbocycles. The molecule has 162 valence electrons. The molecule has 0 saturated carbocycles. The number of esters is 1. The van der Waals surface area contributed by atoms with Crippen LogP contribution in [0.15, 0.2) is 53.4 Å².